The summed E-state index contributed by atoms with van der Waals surface area (Å²) >= 11 is 3.67. The molecule has 0 aliphatic carbocycles. The summed E-state index contributed by atoms with van der Waals surface area (Å²) in [6.45, 7) is 6.50. The summed E-state index contributed by atoms with van der Waals surface area (Å²) < 4.78 is 0. The number of nitrogens with zero attached hydrogens (tertiary/aromatic N) is 1. The fourth-order valence-corrected chi connectivity index (χ4v) is 3.28. The quantitative estimate of drug-likeness (QED) is 0.582. The van der Waals surface area contributed by atoms with Crippen LogP contribution >= 0.6 is 23.1 Å². The van der Waals surface area contributed by atoms with Crippen molar-refractivity contribution in [2.24, 2.45) is 11.8 Å². The lowest BCUT2D eigenvalue weighted by atomic mass is 10.2. The van der Waals surface area contributed by atoms with Crippen molar-refractivity contribution in [2.45, 2.75) is 33.2 Å². The zero-order chi connectivity index (χ0) is 12.0. The number of thioether (sulfide) groups is 1. The van der Waals surface area contributed by atoms with Crippen molar-refractivity contribution in [1.29, 1.82) is 0 Å². The Balaban J connectivity index is 2.31. The monoisotopic (exact) mass is 259 g/mol. The van der Waals surface area contributed by atoms with Gasteiger partial charge in [0.05, 0.1) is 5.01 Å². The average Bonchev–Trinajstić information content (AvgIpc) is 2.62. The lowest BCUT2D eigenvalue weighted by Crippen LogP contribution is -2.38. The molecular formula is C11H21N3S2. The SMILES string of the molecule is Cc1csc(CC(CSCC(C)C)NN)n1. The van der Waals surface area contributed by atoms with Gasteiger partial charge in [0.15, 0.2) is 0 Å². The van der Waals surface area contributed by atoms with Crippen LogP contribution in [0.4, 0.5) is 0 Å². The Morgan fingerprint density at radius 3 is 2.75 bits per heavy atom. The van der Waals surface area contributed by atoms with Gasteiger partial charge in [0, 0.05) is 29.3 Å². The molecule has 0 radical (unpaired) electrons. The molecule has 0 saturated heterocycles. The van der Waals surface area contributed by atoms with Crippen LogP contribution in [-0.4, -0.2) is 22.5 Å². The number of thiazole rings is 1. The largest absolute Gasteiger partial charge is 0.271 e. The number of hydrogen-bond acceptors (Lipinski definition) is 5. The minimum absolute atomic E-state index is 0.328. The molecule has 1 heterocycles. The van der Waals surface area contributed by atoms with E-state index in [1.165, 1.54) is 10.8 Å². The summed E-state index contributed by atoms with van der Waals surface area (Å²) in [6, 6.07) is 0.328. The Hall–Kier alpha value is -0.100. The molecule has 0 aliphatic rings. The van der Waals surface area contributed by atoms with E-state index < -0.39 is 0 Å². The second-order valence-corrected chi connectivity index (χ2v) is 6.40. The highest BCUT2D eigenvalue weighted by Gasteiger charge is 2.10. The number of aromatic nitrogens is 1. The molecule has 1 rings (SSSR count). The zero-order valence-electron chi connectivity index (χ0n) is 10.2. The molecule has 0 amide bonds. The van der Waals surface area contributed by atoms with Crippen LogP contribution in [-0.2, 0) is 6.42 Å². The van der Waals surface area contributed by atoms with E-state index in [1.54, 1.807) is 11.3 Å². The van der Waals surface area contributed by atoms with E-state index in [0.717, 1.165) is 23.8 Å². The number of nitrogens with two attached hydrogens (primary N) is 1. The van der Waals surface area contributed by atoms with Crippen molar-refractivity contribution >= 4 is 23.1 Å². The molecule has 3 nitrogen and oxygen atoms in total. The highest BCUT2D eigenvalue weighted by Crippen LogP contribution is 2.14. The summed E-state index contributed by atoms with van der Waals surface area (Å²) in [5.41, 5.74) is 3.98. The maximum atomic E-state index is 5.56. The van der Waals surface area contributed by atoms with Crippen LogP contribution in [0.1, 0.15) is 24.5 Å². The molecule has 1 unspecified atom stereocenters. The van der Waals surface area contributed by atoms with E-state index in [0.29, 0.717) is 6.04 Å². The van der Waals surface area contributed by atoms with Crippen molar-refractivity contribution in [3.8, 4) is 0 Å². The molecule has 1 aromatic heterocycles. The fourth-order valence-electron chi connectivity index (χ4n) is 1.32. The topological polar surface area (TPSA) is 50.9 Å². The van der Waals surface area contributed by atoms with Gasteiger partial charge in [-0.05, 0) is 18.6 Å². The fraction of sp³-hybridized carbons (Fsp3) is 0.727. The Morgan fingerprint density at radius 2 is 2.25 bits per heavy atom. The third-order valence-electron chi connectivity index (χ3n) is 2.09. The third kappa shape index (κ3) is 5.30. The second kappa shape index (κ2) is 7.27. The molecular weight excluding hydrogens is 238 g/mol. The lowest BCUT2D eigenvalue weighted by Gasteiger charge is -2.14. The van der Waals surface area contributed by atoms with Crippen LogP contribution < -0.4 is 11.3 Å². The van der Waals surface area contributed by atoms with Crippen LogP contribution in [0, 0.1) is 12.8 Å². The third-order valence-corrected chi connectivity index (χ3v) is 4.62. The Bertz CT molecular complexity index is 299. The number of nitrogens with one attached hydrogen (secondary N) is 1. The summed E-state index contributed by atoms with van der Waals surface area (Å²) in [6.07, 6.45) is 0.931. The first kappa shape index (κ1) is 14.0. The highest BCUT2D eigenvalue weighted by molar-refractivity contribution is 7.99. The van der Waals surface area contributed by atoms with Gasteiger partial charge in [0.2, 0.25) is 0 Å². The predicted molar refractivity (Wildman–Crippen MR) is 73.8 cm³/mol. The molecule has 0 saturated carbocycles. The zero-order valence-corrected chi connectivity index (χ0v) is 11.8. The summed E-state index contributed by atoms with van der Waals surface area (Å²) in [5.74, 6) is 8.54. The Labute approximate surface area is 106 Å². The normalized spacial score (nSPS) is 13.3. The van der Waals surface area contributed by atoms with Gasteiger partial charge in [0.25, 0.3) is 0 Å². The molecule has 1 atom stereocenters. The van der Waals surface area contributed by atoms with Crippen molar-refractivity contribution in [3.63, 3.8) is 0 Å². The van der Waals surface area contributed by atoms with Gasteiger partial charge < -0.3 is 0 Å². The molecule has 0 bridgehead atoms. The van der Waals surface area contributed by atoms with Crippen LogP contribution in [0.5, 0.6) is 0 Å². The van der Waals surface area contributed by atoms with Crippen LogP contribution in [0.3, 0.4) is 0 Å². The second-order valence-electron chi connectivity index (χ2n) is 4.38. The number of hydrazine groups is 1. The van der Waals surface area contributed by atoms with E-state index in [1.807, 2.05) is 18.7 Å². The van der Waals surface area contributed by atoms with Crippen LogP contribution in [0.15, 0.2) is 5.38 Å². The first-order valence-electron chi connectivity index (χ1n) is 5.56. The van der Waals surface area contributed by atoms with Gasteiger partial charge in [0.1, 0.15) is 0 Å². The molecule has 5 heteroatoms. The molecule has 16 heavy (non-hydrogen) atoms. The van der Waals surface area contributed by atoms with Gasteiger partial charge >= 0.3 is 0 Å². The van der Waals surface area contributed by atoms with Gasteiger partial charge in [-0.2, -0.15) is 11.8 Å². The summed E-state index contributed by atoms with van der Waals surface area (Å²) in [5, 5.41) is 3.26. The standard InChI is InChI=1S/C11H21N3S2/c1-8(2)5-15-7-10(14-12)4-11-13-9(3)6-16-11/h6,8,10,14H,4-5,7,12H2,1-3H3. The highest BCUT2D eigenvalue weighted by atomic mass is 32.2. The van der Waals surface area contributed by atoms with Crippen LogP contribution in [0.2, 0.25) is 0 Å². The Kier molecular flexibility index (Phi) is 6.34. The molecule has 1 aromatic rings. The van der Waals surface area contributed by atoms with Crippen molar-refractivity contribution in [2.75, 3.05) is 11.5 Å². The summed E-state index contributed by atoms with van der Waals surface area (Å²) in [4.78, 5) is 4.46. The molecule has 0 aromatic carbocycles. The van der Waals surface area contributed by atoms with Crippen molar-refractivity contribution < 1.29 is 0 Å². The van der Waals surface area contributed by atoms with Crippen molar-refractivity contribution in [1.82, 2.24) is 10.4 Å². The van der Waals surface area contributed by atoms with Gasteiger partial charge in [-0.1, -0.05) is 13.8 Å². The summed E-state index contributed by atoms with van der Waals surface area (Å²) in [7, 11) is 0. The average molecular weight is 259 g/mol. The lowest BCUT2D eigenvalue weighted by molar-refractivity contribution is 0.573. The maximum absolute atomic E-state index is 5.56. The molecule has 0 spiro atoms. The first-order valence-corrected chi connectivity index (χ1v) is 7.60. The van der Waals surface area contributed by atoms with E-state index in [2.05, 4.69) is 29.6 Å². The van der Waals surface area contributed by atoms with Crippen LogP contribution in [0.25, 0.3) is 0 Å². The minimum atomic E-state index is 0.328. The molecule has 3 N–H and O–H groups in total. The predicted octanol–water partition coefficient (Wildman–Crippen LogP) is 2.22. The maximum Gasteiger partial charge on any atom is 0.0944 e. The van der Waals surface area contributed by atoms with E-state index >= 15 is 0 Å². The smallest absolute Gasteiger partial charge is 0.0944 e. The number of aryl methyl sites for hydroxylation is 1. The van der Waals surface area contributed by atoms with E-state index in [9.17, 15) is 0 Å². The minimum Gasteiger partial charge on any atom is -0.271 e. The van der Waals surface area contributed by atoms with Gasteiger partial charge in [-0.25, -0.2) is 4.98 Å². The van der Waals surface area contributed by atoms with Gasteiger partial charge in [-0.15, -0.1) is 11.3 Å². The Morgan fingerprint density at radius 1 is 1.50 bits per heavy atom. The van der Waals surface area contributed by atoms with Gasteiger partial charge in [-0.3, -0.25) is 11.3 Å². The molecule has 92 valence electrons. The number of rotatable bonds is 7. The van der Waals surface area contributed by atoms with Crippen molar-refractivity contribution in [3.05, 3.63) is 16.1 Å². The van der Waals surface area contributed by atoms with E-state index in [-0.39, 0.29) is 0 Å². The molecule has 0 aliphatic heterocycles. The number of hydrogen-bond donors (Lipinski definition) is 2. The van der Waals surface area contributed by atoms with E-state index in [4.69, 9.17) is 5.84 Å². The first-order chi connectivity index (χ1) is 7.61. The molecule has 0 fully saturated rings.